The Kier molecular flexibility index (Phi) is 9.23. The van der Waals surface area contributed by atoms with E-state index in [1.54, 1.807) is 12.1 Å². The van der Waals surface area contributed by atoms with E-state index in [0.717, 1.165) is 62.2 Å². The second kappa shape index (κ2) is 11.9. The number of alkyl halides is 3. The SMILES string of the molecule is C=C(CCCCC(=C)c1ccc(C)cc1)NC(C)(Cc1ccc(C(F)(F)F)cc1)CN1CCCC1. The van der Waals surface area contributed by atoms with Crippen molar-refractivity contribution in [2.24, 2.45) is 0 Å². The quantitative estimate of drug-likeness (QED) is 0.309. The molecule has 0 radical (unpaired) electrons. The molecule has 2 nitrogen and oxygen atoms in total. The predicted octanol–water partition coefficient (Wildman–Crippen LogP) is 7.79. The number of likely N-dealkylation sites (tertiary alicyclic amines) is 1. The van der Waals surface area contributed by atoms with Crippen LogP contribution in [-0.2, 0) is 12.6 Å². The molecule has 1 N–H and O–H groups in total. The molecule has 2 aromatic carbocycles. The van der Waals surface area contributed by atoms with Gasteiger partial charge in [0, 0.05) is 12.2 Å². The molecule has 1 aliphatic rings. The van der Waals surface area contributed by atoms with E-state index < -0.39 is 11.7 Å². The van der Waals surface area contributed by atoms with Crippen molar-refractivity contribution in [3.63, 3.8) is 0 Å². The Labute approximate surface area is 208 Å². The van der Waals surface area contributed by atoms with Crippen LogP contribution in [0.15, 0.2) is 67.4 Å². The number of nitrogens with one attached hydrogen (secondary N) is 1. The van der Waals surface area contributed by atoms with Gasteiger partial charge in [0.2, 0.25) is 0 Å². The van der Waals surface area contributed by atoms with Crippen molar-refractivity contribution < 1.29 is 13.2 Å². The molecule has 1 heterocycles. The predicted molar refractivity (Wildman–Crippen MR) is 140 cm³/mol. The highest BCUT2D eigenvalue weighted by molar-refractivity contribution is 5.63. The van der Waals surface area contributed by atoms with E-state index in [2.05, 4.69) is 61.5 Å². The van der Waals surface area contributed by atoms with Gasteiger partial charge in [-0.2, -0.15) is 13.2 Å². The first-order valence-corrected chi connectivity index (χ1v) is 12.6. The molecule has 0 bridgehead atoms. The summed E-state index contributed by atoms with van der Waals surface area (Å²) < 4.78 is 38.9. The summed E-state index contributed by atoms with van der Waals surface area (Å²) in [6, 6.07) is 14.1. The molecule has 0 aliphatic carbocycles. The number of rotatable bonds is 12. The smallest absolute Gasteiger partial charge is 0.382 e. The monoisotopic (exact) mass is 484 g/mol. The molecule has 1 atom stereocenters. The van der Waals surface area contributed by atoms with Crippen molar-refractivity contribution in [1.29, 1.82) is 0 Å². The Bertz CT molecular complexity index is 970. The third kappa shape index (κ3) is 8.57. The summed E-state index contributed by atoms with van der Waals surface area (Å²) in [6.07, 6.45) is 2.59. The van der Waals surface area contributed by atoms with Gasteiger partial charge in [-0.05, 0) is 101 Å². The zero-order valence-corrected chi connectivity index (χ0v) is 21.2. The first-order valence-electron chi connectivity index (χ1n) is 12.6. The lowest BCUT2D eigenvalue weighted by atomic mass is 9.90. The van der Waals surface area contributed by atoms with Crippen molar-refractivity contribution in [3.8, 4) is 0 Å². The maximum absolute atomic E-state index is 13.0. The van der Waals surface area contributed by atoms with Gasteiger partial charge in [-0.15, -0.1) is 0 Å². The Morgan fingerprint density at radius 2 is 1.51 bits per heavy atom. The number of allylic oxidation sites excluding steroid dienone is 2. The number of halogens is 3. The number of aryl methyl sites for hydroxylation is 1. The third-order valence-electron chi connectivity index (χ3n) is 6.79. The lowest BCUT2D eigenvalue weighted by Crippen LogP contribution is -2.51. The lowest BCUT2D eigenvalue weighted by Gasteiger charge is -2.37. The number of nitrogens with zero attached hydrogens (tertiary/aromatic N) is 1. The number of hydrogen-bond acceptors (Lipinski definition) is 2. The van der Waals surface area contributed by atoms with Crippen LogP contribution in [-0.4, -0.2) is 30.1 Å². The molecule has 3 rings (SSSR count). The molecule has 1 unspecified atom stereocenters. The third-order valence-corrected chi connectivity index (χ3v) is 6.79. The number of unbranched alkanes of at least 4 members (excludes halogenated alkanes) is 1. The second-order valence-electron chi connectivity index (χ2n) is 10.3. The Hall–Kier alpha value is -2.53. The largest absolute Gasteiger partial charge is 0.416 e. The highest BCUT2D eigenvalue weighted by Gasteiger charge is 2.32. The molecule has 0 spiro atoms. The summed E-state index contributed by atoms with van der Waals surface area (Å²) in [5.74, 6) is 0. The fourth-order valence-electron chi connectivity index (χ4n) is 4.94. The minimum absolute atomic E-state index is 0.299. The van der Waals surface area contributed by atoms with E-state index >= 15 is 0 Å². The molecule has 1 aliphatic heterocycles. The van der Waals surface area contributed by atoms with E-state index in [9.17, 15) is 13.2 Å². The van der Waals surface area contributed by atoms with Crippen LogP contribution in [0.25, 0.3) is 5.57 Å². The van der Waals surface area contributed by atoms with Gasteiger partial charge in [-0.25, -0.2) is 0 Å². The van der Waals surface area contributed by atoms with Gasteiger partial charge in [0.25, 0.3) is 0 Å². The highest BCUT2D eigenvalue weighted by atomic mass is 19.4. The highest BCUT2D eigenvalue weighted by Crippen LogP contribution is 2.30. The molecule has 0 aromatic heterocycles. The Morgan fingerprint density at radius 3 is 2.11 bits per heavy atom. The minimum atomic E-state index is -4.31. The van der Waals surface area contributed by atoms with Crippen LogP contribution in [0.3, 0.4) is 0 Å². The van der Waals surface area contributed by atoms with E-state index in [1.807, 2.05) is 0 Å². The van der Waals surface area contributed by atoms with E-state index in [0.29, 0.717) is 6.42 Å². The van der Waals surface area contributed by atoms with Crippen LogP contribution in [0.2, 0.25) is 0 Å². The van der Waals surface area contributed by atoms with Gasteiger partial charge in [0.15, 0.2) is 0 Å². The average Bonchev–Trinajstić information content (AvgIpc) is 3.29. The van der Waals surface area contributed by atoms with Gasteiger partial charge >= 0.3 is 6.18 Å². The summed E-state index contributed by atoms with van der Waals surface area (Å²) in [5, 5.41) is 3.66. The number of hydrogen-bond donors (Lipinski definition) is 1. The van der Waals surface area contributed by atoms with Gasteiger partial charge in [-0.3, -0.25) is 0 Å². The van der Waals surface area contributed by atoms with Crippen LogP contribution in [0.5, 0.6) is 0 Å². The van der Waals surface area contributed by atoms with Gasteiger partial charge < -0.3 is 10.2 Å². The molecular weight excluding hydrogens is 445 g/mol. The Balaban J connectivity index is 1.54. The summed E-state index contributed by atoms with van der Waals surface area (Å²) in [6.45, 7) is 15.8. The Morgan fingerprint density at radius 1 is 0.914 bits per heavy atom. The minimum Gasteiger partial charge on any atom is -0.382 e. The molecule has 190 valence electrons. The molecular formula is C30H39F3N2. The van der Waals surface area contributed by atoms with E-state index in [1.165, 1.54) is 36.1 Å². The van der Waals surface area contributed by atoms with Crippen LogP contribution >= 0.6 is 0 Å². The zero-order valence-electron chi connectivity index (χ0n) is 21.2. The standard InChI is InChI=1S/C30H39F3N2/c1-23-11-15-27(16-12-23)24(2)9-5-6-10-25(3)34-29(4,22-35-19-7-8-20-35)21-26-13-17-28(18-14-26)30(31,32)33/h11-18,34H,2-3,5-10,19-22H2,1,4H3. The molecule has 5 heteroatoms. The molecule has 35 heavy (non-hydrogen) atoms. The second-order valence-corrected chi connectivity index (χ2v) is 10.3. The summed E-state index contributed by atoms with van der Waals surface area (Å²) in [4.78, 5) is 2.44. The molecule has 1 saturated heterocycles. The zero-order chi connectivity index (χ0) is 25.5. The number of benzene rings is 2. The summed E-state index contributed by atoms with van der Waals surface area (Å²) in [7, 11) is 0. The maximum Gasteiger partial charge on any atom is 0.416 e. The van der Waals surface area contributed by atoms with Crippen molar-refractivity contribution in [2.45, 2.75) is 70.5 Å². The maximum atomic E-state index is 13.0. The van der Waals surface area contributed by atoms with Crippen molar-refractivity contribution >= 4 is 5.57 Å². The van der Waals surface area contributed by atoms with Crippen LogP contribution in [0.4, 0.5) is 13.2 Å². The first-order chi connectivity index (χ1) is 16.5. The molecule has 0 saturated carbocycles. The van der Waals surface area contributed by atoms with Crippen LogP contribution in [0, 0.1) is 6.92 Å². The summed E-state index contributed by atoms with van der Waals surface area (Å²) >= 11 is 0. The van der Waals surface area contributed by atoms with Gasteiger partial charge in [0.05, 0.1) is 11.1 Å². The van der Waals surface area contributed by atoms with Gasteiger partial charge in [-0.1, -0.05) is 55.1 Å². The average molecular weight is 485 g/mol. The van der Waals surface area contributed by atoms with E-state index in [-0.39, 0.29) is 5.54 Å². The fraction of sp³-hybridized carbons (Fsp3) is 0.467. The molecule has 1 fully saturated rings. The normalized spacial score (nSPS) is 16.1. The van der Waals surface area contributed by atoms with Gasteiger partial charge in [0.1, 0.15) is 0 Å². The van der Waals surface area contributed by atoms with Crippen LogP contribution < -0.4 is 5.32 Å². The first kappa shape index (κ1) is 27.1. The molecule has 2 aromatic rings. The summed E-state index contributed by atoms with van der Waals surface area (Å²) in [5.41, 5.74) is 4.58. The van der Waals surface area contributed by atoms with Crippen molar-refractivity contribution in [1.82, 2.24) is 10.2 Å². The van der Waals surface area contributed by atoms with Crippen molar-refractivity contribution in [3.05, 3.63) is 89.6 Å². The fourth-order valence-corrected chi connectivity index (χ4v) is 4.94. The van der Waals surface area contributed by atoms with Crippen molar-refractivity contribution in [2.75, 3.05) is 19.6 Å². The topological polar surface area (TPSA) is 15.3 Å². The van der Waals surface area contributed by atoms with E-state index in [4.69, 9.17) is 0 Å². The van der Waals surface area contributed by atoms with Crippen LogP contribution in [0.1, 0.15) is 67.7 Å². The molecule has 0 amide bonds. The lowest BCUT2D eigenvalue weighted by molar-refractivity contribution is -0.137.